The number of aliphatic hydroxyl groups excluding tert-OH is 1. The van der Waals surface area contributed by atoms with Crippen molar-refractivity contribution in [2.45, 2.75) is 31.5 Å². The Labute approximate surface area is 134 Å². The Bertz CT molecular complexity index is 710. The highest BCUT2D eigenvalue weighted by atomic mass is 16.3. The van der Waals surface area contributed by atoms with Crippen LogP contribution in [0.2, 0.25) is 0 Å². The van der Waals surface area contributed by atoms with Gasteiger partial charge in [-0.1, -0.05) is 42.5 Å². The van der Waals surface area contributed by atoms with Gasteiger partial charge in [0.25, 0.3) is 0 Å². The third kappa shape index (κ3) is 4.06. The molecule has 0 aliphatic heterocycles. The number of hydrogen-bond acceptors (Lipinski definition) is 4. The van der Waals surface area contributed by atoms with Gasteiger partial charge in [-0.15, -0.1) is 0 Å². The summed E-state index contributed by atoms with van der Waals surface area (Å²) < 4.78 is 0. The molecule has 0 aliphatic rings. The molecule has 0 aromatic heterocycles. The topological polar surface area (TPSA) is 118 Å². The summed E-state index contributed by atoms with van der Waals surface area (Å²) in [5.41, 5.74) is 12.0. The molecule has 6 heteroatoms. The van der Waals surface area contributed by atoms with Crippen molar-refractivity contribution in [2.24, 2.45) is 11.5 Å². The van der Waals surface area contributed by atoms with E-state index in [1.54, 1.807) is 0 Å². The van der Waals surface area contributed by atoms with Crippen LogP contribution in [-0.2, 0) is 16.0 Å². The number of primary amides is 1. The number of amides is 2. The highest BCUT2D eigenvalue weighted by Gasteiger charge is 2.26. The minimum Gasteiger partial charge on any atom is -0.391 e. The van der Waals surface area contributed by atoms with Crippen molar-refractivity contribution in [3.05, 3.63) is 48.0 Å². The van der Waals surface area contributed by atoms with E-state index in [2.05, 4.69) is 5.32 Å². The van der Waals surface area contributed by atoms with Crippen LogP contribution in [0.25, 0.3) is 10.8 Å². The summed E-state index contributed by atoms with van der Waals surface area (Å²) in [4.78, 5) is 23.4. The minimum absolute atomic E-state index is 0.318. The van der Waals surface area contributed by atoms with Gasteiger partial charge in [0.1, 0.15) is 6.04 Å². The first kappa shape index (κ1) is 16.9. The second-order valence-corrected chi connectivity index (χ2v) is 5.58. The molecule has 0 aliphatic carbocycles. The lowest BCUT2D eigenvalue weighted by Gasteiger charge is -2.21. The van der Waals surface area contributed by atoms with Crippen LogP contribution in [0, 0.1) is 0 Å². The van der Waals surface area contributed by atoms with Crippen LogP contribution >= 0.6 is 0 Å². The molecule has 0 saturated heterocycles. The molecule has 122 valence electrons. The molecule has 0 radical (unpaired) electrons. The average Bonchev–Trinajstić information content (AvgIpc) is 2.52. The number of carbonyl (C=O) groups is 2. The second kappa shape index (κ2) is 7.21. The number of benzene rings is 2. The first-order valence-electron chi connectivity index (χ1n) is 7.40. The zero-order valence-electron chi connectivity index (χ0n) is 12.9. The molecule has 0 fully saturated rings. The number of carbonyl (C=O) groups excluding carboxylic acids is 2. The van der Waals surface area contributed by atoms with E-state index in [0.29, 0.717) is 6.42 Å². The second-order valence-electron chi connectivity index (χ2n) is 5.58. The van der Waals surface area contributed by atoms with Crippen LogP contribution in [0.3, 0.4) is 0 Å². The van der Waals surface area contributed by atoms with Gasteiger partial charge in [-0.2, -0.15) is 0 Å². The summed E-state index contributed by atoms with van der Waals surface area (Å²) in [6.07, 6.45) is -0.764. The van der Waals surface area contributed by atoms with E-state index in [1.807, 2.05) is 42.5 Å². The summed E-state index contributed by atoms with van der Waals surface area (Å²) in [7, 11) is 0. The monoisotopic (exact) mass is 315 g/mol. The fourth-order valence-corrected chi connectivity index (χ4v) is 2.49. The van der Waals surface area contributed by atoms with Gasteiger partial charge in [-0.3, -0.25) is 9.59 Å². The number of rotatable bonds is 6. The maximum absolute atomic E-state index is 12.1. The Hall–Kier alpha value is -2.44. The number of nitrogens with two attached hydrogens (primary N) is 2. The summed E-state index contributed by atoms with van der Waals surface area (Å²) >= 11 is 0. The Morgan fingerprint density at radius 1 is 1.17 bits per heavy atom. The Balaban J connectivity index is 2.13. The van der Waals surface area contributed by atoms with Crippen LogP contribution in [-0.4, -0.2) is 35.1 Å². The van der Waals surface area contributed by atoms with E-state index in [-0.39, 0.29) is 0 Å². The van der Waals surface area contributed by atoms with E-state index >= 15 is 0 Å². The minimum atomic E-state index is -1.15. The Kier molecular flexibility index (Phi) is 5.31. The SMILES string of the molecule is C[C@@H](O)[C@H](NC(=O)[C@H](N)Cc1cccc2ccccc12)C(N)=O. The van der Waals surface area contributed by atoms with E-state index in [4.69, 9.17) is 11.5 Å². The fourth-order valence-electron chi connectivity index (χ4n) is 2.49. The molecule has 0 saturated carbocycles. The quantitative estimate of drug-likeness (QED) is 0.603. The molecule has 6 N–H and O–H groups in total. The maximum atomic E-state index is 12.1. The lowest BCUT2D eigenvalue weighted by Crippen LogP contribution is -2.55. The standard InChI is InChI=1S/C17H21N3O3/c1-10(21)15(16(19)22)20-17(23)14(18)9-12-7-4-6-11-5-2-3-8-13(11)12/h2-8,10,14-15,21H,9,18H2,1H3,(H2,19,22)(H,20,23)/t10-,14-,15+/m1/s1. The molecule has 2 aromatic carbocycles. The van der Waals surface area contributed by atoms with E-state index in [0.717, 1.165) is 16.3 Å². The molecular weight excluding hydrogens is 294 g/mol. The van der Waals surface area contributed by atoms with Crippen molar-refractivity contribution in [3.63, 3.8) is 0 Å². The summed E-state index contributed by atoms with van der Waals surface area (Å²) in [6, 6.07) is 11.6. The number of hydrogen-bond donors (Lipinski definition) is 4. The number of nitrogens with one attached hydrogen (secondary N) is 1. The summed E-state index contributed by atoms with van der Waals surface area (Å²) in [5, 5.41) is 14.0. The third-order valence-corrected chi connectivity index (χ3v) is 3.74. The van der Waals surface area contributed by atoms with E-state index < -0.39 is 30.0 Å². The Morgan fingerprint density at radius 2 is 1.83 bits per heavy atom. The number of fused-ring (bicyclic) bond motifs is 1. The first-order chi connectivity index (χ1) is 10.9. The van der Waals surface area contributed by atoms with Gasteiger partial charge < -0.3 is 21.9 Å². The molecule has 0 unspecified atom stereocenters. The molecule has 2 aromatic rings. The van der Waals surface area contributed by atoms with Crippen molar-refractivity contribution in [3.8, 4) is 0 Å². The molecule has 2 amide bonds. The van der Waals surface area contributed by atoms with Crippen molar-refractivity contribution in [1.29, 1.82) is 0 Å². The molecule has 0 heterocycles. The van der Waals surface area contributed by atoms with E-state index in [9.17, 15) is 14.7 Å². The smallest absolute Gasteiger partial charge is 0.242 e. The molecule has 3 atom stereocenters. The van der Waals surface area contributed by atoms with Crippen LogP contribution in [0.5, 0.6) is 0 Å². The van der Waals surface area contributed by atoms with Gasteiger partial charge >= 0.3 is 0 Å². The summed E-state index contributed by atoms with van der Waals surface area (Å²) in [5.74, 6) is -1.33. The highest BCUT2D eigenvalue weighted by Crippen LogP contribution is 2.19. The largest absolute Gasteiger partial charge is 0.391 e. The molecule has 2 rings (SSSR count). The fraction of sp³-hybridized carbons (Fsp3) is 0.294. The lowest BCUT2D eigenvalue weighted by atomic mass is 9.98. The van der Waals surface area contributed by atoms with Crippen molar-refractivity contribution >= 4 is 22.6 Å². The van der Waals surface area contributed by atoms with Crippen LogP contribution in [0.1, 0.15) is 12.5 Å². The van der Waals surface area contributed by atoms with Gasteiger partial charge in [0, 0.05) is 0 Å². The predicted octanol–water partition coefficient (Wildman–Crippen LogP) is 0.0605. The van der Waals surface area contributed by atoms with Gasteiger partial charge in [0.05, 0.1) is 12.1 Å². The predicted molar refractivity (Wildman–Crippen MR) is 88.4 cm³/mol. The van der Waals surface area contributed by atoms with Crippen molar-refractivity contribution in [2.75, 3.05) is 0 Å². The molecule has 0 spiro atoms. The lowest BCUT2D eigenvalue weighted by molar-refractivity contribution is -0.130. The maximum Gasteiger partial charge on any atom is 0.242 e. The zero-order valence-corrected chi connectivity index (χ0v) is 12.9. The normalized spacial score (nSPS) is 14.9. The van der Waals surface area contributed by atoms with Gasteiger partial charge in [0.15, 0.2) is 0 Å². The highest BCUT2D eigenvalue weighted by molar-refractivity contribution is 5.90. The molecule has 0 bridgehead atoms. The molecule has 6 nitrogen and oxygen atoms in total. The van der Waals surface area contributed by atoms with Gasteiger partial charge in [0.2, 0.25) is 11.8 Å². The van der Waals surface area contributed by atoms with E-state index in [1.165, 1.54) is 6.92 Å². The van der Waals surface area contributed by atoms with Crippen LogP contribution in [0.4, 0.5) is 0 Å². The van der Waals surface area contributed by atoms with Gasteiger partial charge in [-0.05, 0) is 29.7 Å². The van der Waals surface area contributed by atoms with Crippen LogP contribution in [0.15, 0.2) is 42.5 Å². The van der Waals surface area contributed by atoms with Crippen LogP contribution < -0.4 is 16.8 Å². The molecule has 23 heavy (non-hydrogen) atoms. The first-order valence-corrected chi connectivity index (χ1v) is 7.40. The average molecular weight is 315 g/mol. The number of aliphatic hydroxyl groups is 1. The molecular formula is C17H21N3O3. The third-order valence-electron chi connectivity index (χ3n) is 3.74. The zero-order chi connectivity index (χ0) is 17.0. The van der Waals surface area contributed by atoms with Gasteiger partial charge in [-0.25, -0.2) is 0 Å². The Morgan fingerprint density at radius 3 is 2.48 bits per heavy atom. The van der Waals surface area contributed by atoms with Crippen molar-refractivity contribution < 1.29 is 14.7 Å². The van der Waals surface area contributed by atoms with Crippen molar-refractivity contribution in [1.82, 2.24) is 5.32 Å². The summed E-state index contributed by atoms with van der Waals surface area (Å²) in [6.45, 7) is 1.38.